The van der Waals surface area contributed by atoms with Gasteiger partial charge in [-0.25, -0.2) is 0 Å². The summed E-state index contributed by atoms with van der Waals surface area (Å²) in [6.45, 7) is 2.11. The lowest BCUT2D eigenvalue weighted by atomic mass is 9.98. The van der Waals surface area contributed by atoms with E-state index in [-0.39, 0.29) is 17.9 Å². The highest BCUT2D eigenvalue weighted by molar-refractivity contribution is 5.85. The van der Waals surface area contributed by atoms with Crippen molar-refractivity contribution in [1.29, 1.82) is 0 Å². The SMILES string of the molecule is Cc1ccc(-c2cccc(C3(N)CC3)c2)cc1.Cl. The number of benzene rings is 2. The topological polar surface area (TPSA) is 26.0 Å². The average Bonchev–Trinajstić information content (AvgIpc) is 3.10. The standard InChI is InChI=1S/C16H17N.ClH/c1-12-5-7-13(8-6-12)14-3-2-4-15(11-14)16(17)9-10-16;/h2-8,11H,9-10,17H2,1H3;1H. The third kappa shape index (κ3) is 2.43. The third-order valence-corrected chi connectivity index (χ3v) is 3.61. The van der Waals surface area contributed by atoms with Crippen LogP contribution >= 0.6 is 12.4 Å². The second-order valence-corrected chi connectivity index (χ2v) is 5.10. The summed E-state index contributed by atoms with van der Waals surface area (Å²) in [5, 5.41) is 0. The predicted octanol–water partition coefficient (Wildman–Crippen LogP) is 4.03. The minimum atomic E-state index is -0.0410. The Bertz CT molecular complexity index is 541. The van der Waals surface area contributed by atoms with Crippen LogP contribution in [0.1, 0.15) is 24.0 Å². The van der Waals surface area contributed by atoms with Gasteiger partial charge in [0.2, 0.25) is 0 Å². The molecule has 0 unspecified atom stereocenters. The van der Waals surface area contributed by atoms with Crippen LogP contribution < -0.4 is 5.73 Å². The Morgan fingerprint density at radius 3 is 2.22 bits per heavy atom. The van der Waals surface area contributed by atoms with Gasteiger partial charge in [-0.2, -0.15) is 0 Å². The smallest absolute Gasteiger partial charge is 0.0411 e. The van der Waals surface area contributed by atoms with E-state index < -0.39 is 0 Å². The van der Waals surface area contributed by atoms with Crippen LogP contribution in [0.2, 0.25) is 0 Å². The summed E-state index contributed by atoms with van der Waals surface area (Å²) in [7, 11) is 0. The van der Waals surface area contributed by atoms with Crippen LogP contribution in [0.15, 0.2) is 48.5 Å². The van der Waals surface area contributed by atoms with E-state index in [2.05, 4.69) is 55.5 Å². The first-order valence-corrected chi connectivity index (χ1v) is 6.14. The van der Waals surface area contributed by atoms with E-state index in [1.54, 1.807) is 0 Å². The van der Waals surface area contributed by atoms with Gasteiger partial charge in [0.15, 0.2) is 0 Å². The zero-order chi connectivity index (χ0) is 11.9. The quantitative estimate of drug-likeness (QED) is 0.866. The molecule has 0 amide bonds. The minimum Gasteiger partial charge on any atom is -0.321 e. The van der Waals surface area contributed by atoms with E-state index in [9.17, 15) is 0 Å². The molecular formula is C16H18ClN. The van der Waals surface area contributed by atoms with E-state index in [1.807, 2.05) is 0 Å². The van der Waals surface area contributed by atoms with Crippen molar-refractivity contribution in [1.82, 2.24) is 0 Å². The largest absolute Gasteiger partial charge is 0.321 e. The number of halogens is 1. The Morgan fingerprint density at radius 2 is 1.61 bits per heavy atom. The second-order valence-electron chi connectivity index (χ2n) is 5.10. The summed E-state index contributed by atoms with van der Waals surface area (Å²) in [6, 6.07) is 17.3. The highest BCUT2D eigenvalue weighted by Gasteiger charge is 2.39. The molecule has 0 bridgehead atoms. The van der Waals surface area contributed by atoms with Crippen molar-refractivity contribution >= 4 is 12.4 Å². The second kappa shape index (κ2) is 4.75. The lowest BCUT2D eigenvalue weighted by molar-refractivity contribution is 0.740. The van der Waals surface area contributed by atoms with Crippen LogP contribution in [0.5, 0.6) is 0 Å². The zero-order valence-electron chi connectivity index (χ0n) is 10.5. The Balaban J connectivity index is 0.00000120. The van der Waals surface area contributed by atoms with Crippen molar-refractivity contribution in [2.24, 2.45) is 5.73 Å². The molecule has 0 heterocycles. The average molecular weight is 260 g/mol. The van der Waals surface area contributed by atoms with Gasteiger partial charge in [0.05, 0.1) is 0 Å². The van der Waals surface area contributed by atoms with Crippen molar-refractivity contribution in [3.8, 4) is 11.1 Å². The van der Waals surface area contributed by atoms with Crippen LogP contribution in [0.3, 0.4) is 0 Å². The molecule has 94 valence electrons. The van der Waals surface area contributed by atoms with E-state index >= 15 is 0 Å². The van der Waals surface area contributed by atoms with Gasteiger partial charge in [0, 0.05) is 5.54 Å². The monoisotopic (exact) mass is 259 g/mol. The van der Waals surface area contributed by atoms with Gasteiger partial charge in [0.1, 0.15) is 0 Å². The number of hydrogen-bond acceptors (Lipinski definition) is 1. The maximum atomic E-state index is 6.24. The molecule has 0 aliphatic heterocycles. The number of nitrogens with two attached hydrogens (primary N) is 1. The lowest BCUT2D eigenvalue weighted by Crippen LogP contribution is -2.18. The van der Waals surface area contributed by atoms with E-state index in [0.29, 0.717) is 0 Å². The molecule has 0 saturated heterocycles. The molecule has 1 nitrogen and oxygen atoms in total. The Hall–Kier alpha value is -1.31. The molecule has 0 radical (unpaired) electrons. The van der Waals surface area contributed by atoms with Crippen LogP contribution in [0, 0.1) is 6.92 Å². The first-order valence-electron chi connectivity index (χ1n) is 6.14. The molecule has 0 aromatic heterocycles. The van der Waals surface area contributed by atoms with E-state index in [4.69, 9.17) is 5.73 Å². The molecule has 0 spiro atoms. The van der Waals surface area contributed by atoms with Gasteiger partial charge in [-0.3, -0.25) is 0 Å². The molecule has 2 N–H and O–H groups in total. The molecular weight excluding hydrogens is 242 g/mol. The molecule has 2 aromatic rings. The molecule has 3 rings (SSSR count). The van der Waals surface area contributed by atoms with Crippen molar-refractivity contribution in [3.05, 3.63) is 59.7 Å². The summed E-state index contributed by atoms with van der Waals surface area (Å²) >= 11 is 0. The lowest BCUT2D eigenvalue weighted by Gasteiger charge is -2.11. The first kappa shape index (κ1) is 13.1. The van der Waals surface area contributed by atoms with Gasteiger partial charge in [-0.05, 0) is 42.5 Å². The summed E-state index contributed by atoms with van der Waals surface area (Å²) in [5.74, 6) is 0. The molecule has 2 heteroatoms. The van der Waals surface area contributed by atoms with Crippen LogP contribution in [0.4, 0.5) is 0 Å². The summed E-state index contributed by atoms with van der Waals surface area (Å²) in [6.07, 6.45) is 2.23. The van der Waals surface area contributed by atoms with Gasteiger partial charge in [-0.15, -0.1) is 12.4 Å². The third-order valence-electron chi connectivity index (χ3n) is 3.61. The Kier molecular flexibility index (Phi) is 3.47. The minimum absolute atomic E-state index is 0. The fourth-order valence-electron chi connectivity index (χ4n) is 2.18. The van der Waals surface area contributed by atoms with Crippen molar-refractivity contribution in [2.75, 3.05) is 0 Å². The highest BCUT2D eigenvalue weighted by Crippen LogP contribution is 2.43. The highest BCUT2D eigenvalue weighted by atomic mass is 35.5. The predicted molar refractivity (Wildman–Crippen MR) is 79.0 cm³/mol. The van der Waals surface area contributed by atoms with E-state index in [1.165, 1.54) is 22.3 Å². The van der Waals surface area contributed by atoms with Crippen molar-refractivity contribution < 1.29 is 0 Å². The normalized spacial score (nSPS) is 15.9. The summed E-state index contributed by atoms with van der Waals surface area (Å²) in [4.78, 5) is 0. The van der Waals surface area contributed by atoms with Gasteiger partial charge >= 0.3 is 0 Å². The Morgan fingerprint density at radius 1 is 0.944 bits per heavy atom. The van der Waals surface area contributed by atoms with Crippen LogP contribution in [-0.4, -0.2) is 0 Å². The molecule has 2 aromatic carbocycles. The molecule has 1 aliphatic rings. The fourth-order valence-corrected chi connectivity index (χ4v) is 2.18. The maximum absolute atomic E-state index is 6.24. The van der Waals surface area contributed by atoms with Crippen molar-refractivity contribution in [3.63, 3.8) is 0 Å². The van der Waals surface area contributed by atoms with Gasteiger partial charge in [0.25, 0.3) is 0 Å². The summed E-state index contributed by atoms with van der Waals surface area (Å²) in [5.41, 5.74) is 11.3. The number of hydrogen-bond donors (Lipinski definition) is 1. The number of aryl methyl sites for hydroxylation is 1. The molecule has 18 heavy (non-hydrogen) atoms. The summed E-state index contributed by atoms with van der Waals surface area (Å²) < 4.78 is 0. The molecule has 1 saturated carbocycles. The van der Waals surface area contributed by atoms with Gasteiger partial charge in [-0.1, -0.05) is 48.0 Å². The zero-order valence-corrected chi connectivity index (χ0v) is 11.3. The first-order chi connectivity index (χ1) is 8.17. The fraction of sp³-hybridized carbons (Fsp3) is 0.250. The van der Waals surface area contributed by atoms with Crippen LogP contribution in [-0.2, 0) is 5.54 Å². The van der Waals surface area contributed by atoms with Crippen molar-refractivity contribution in [2.45, 2.75) is 25.3 Å². The molecule has 1 aliphatic carbocycles. The Labute approximate surface area is 114 Å². The van der Waals surface area contributed by atoms with Crippen LogP contribution in [0.25, 0.3) is 11.1 Å². The van der Waals surface area contributed by atoms with E-state index in [0.717, 1.165) is 12.8 Å². The molecule has 0 atom stereocenters. The van der Waals surface area contributed by atoms with Gasteiger partial charge < -0.3 is 5.73 Å². The maximum Gasteiger partial charge on any atom is 0.0411 e. The molecule has 1 fully saturated rings. The number of rotatable bonds is 2.